The normalized spacial score (nSPS) is 14.7. The molecule has 1 fully saturated rings. The molecule has 0 unspecified atom stereocenters. The second-order valence-corrected chi connectivity index (χ2v) is 7.05. The molecule has 0 saturated heterocycles. The van der Waals surface area contributed by atoms with Gasteiger partial charge >= 0.3 is 6.03 Å². The molecule has 0 aliphatic heterocycles. The molecule has 0 bridgehead atoms. The van der Waals surface area contributed by atoms with Crippen molar-refractivity contribution in [2.75, 3.05) is 24.5 Å². The van der Waals surface area contributed by atoms with Gasteiger partial charge in [0.15, 0.2) is 0 Å². The number of carbonyl (C=O) groups excluding carboxylic acids is 2. The maximum atomic E-state index is 13.0. The number of nitrogens with zero attached hydrogens (tertiary/aromatic N) is 1. The van der Waals surface area contributed by atoms with Gasteiger partial charge in [-0.15, -0.1) is 0 Å². The van der Waals surface area contributed by atoms with Crippen molar-refractivity contribution in [2.24, 2.45) is 5.92 Å². The third-order valence-corrected chi connectivity index (χ3v) is 4.95. The minimum absolute atomic E-state index is 0.122. The maximum absolute atomic E-state index is 13.0. The predicted octanol–water partition coefficient (Wildman–Crippen LogP) is 4.09. The van der Waals surface area contributed by atoms with Crippen molar-refractivity contribution in [1.82, 2.24) is 10.6 Å². The van der Waals surface area contributed by atoms with Crippen LogP contribution in [0.3, 0.4) is 0 Å². The van der Waals surface area contributed by atoms with Crippen molar-refractivity contribution in [3.05, 3.63) is 30.3 Å². The summed E-state index contributed by atoms with van der Waals surface area (Å²) in [5.41, 5.74) is 0.954. The standard InChI is InChI=1S/C21H33N3O2/c1-2-3-15-22-21(26)23-16-10-17-24(19-13-8-5-9-14-19)20(25)18-11-6-4-7-12-18/h5,8-9,13-14,18H,2-4,6-7,10-12,15-17H2,1H3,(H2,22,23,26). The van der Waals surface area contributed by atoms with E-state index < -0.39 is 0 Å². The van der Waals surface area contributed by atoms with E-state index in [2.05, 4.69) is 17.6 Å². The summed E-state index contributed by atoms with van der Waals surface area (Å²) in [5, 5.41) is 5.73. The average molecular weight is 360 g/mol. The van der Waals surface area contributed by atoms with Crippen molar-refractivity contribution in [1.29, 1.82) is 0 Å². The smallest absolute Gasteiger partial charge is 0.314 e. The molecule has 1 aliphatic carbocycles. The third kappa shape index (κ3) is 6.70. The van der Waals surface area contributed by atoms with Gasteiger partial charge in [-0.3, -0.25) is 4.79 Å². The van der Waals surface area contributed by atoms with Gasteiger partial charge in [0, 0.05) is 31.2 Å². The largest absolute Gasteiger partial charge is 0.338 e. The van der Waals surface area contributed by atoms with Gasteiger partial charge in [0.1, 0.15) is 0 Å². The lowest BCUT2D eigenvalue weighted by Crippen LogP contribution is -2.40. The number of hydrogen-bond donors (Lipinski definition) is 2. The lowest BCUT2D eigenvalue weighted by Gasteiger charge is -2.29. The van der Waals surface area contributed by atoms with Gasteiger partial charge < -0.3 is 15.5 Å². The van der Waals surface area contributed by atoms with Crippen LogP contribution in [0.15, 0.2) is 30.3 Å². The summed E-state index contributed by atoms with van der Waals surface area (Å²) >= 11 is 0. The fourth-order valence-electron chi connectivity index (χ4n) is 3.42. The van der Waals surface area contributed by atoms with Crippen LogP contribution in [0.4, 0.5) is 10.5 Å². The molecule has 0 aromatic heterocycles. The molecular weight excluding hydrogens is 326 g/mol. The van der Waals surface area contributed by atoms with E-state index in [1.54, 1.807) is 0 Å². The monoisotopic (exact) mass is 359 g/mol. The molecule has 3 amide bonds. The summed E-state index contributed by atoms with van der Waals surface area (Å²) in [7, 11) is 0. The van der Waals surface area contributed by atoms with Gasteiger partial charge in [0.2, 0.25) is 5.91 Å². The van der Waals surface area contributed by atoms with E-state index >= 15 is 0 Å². The van der Waals surface area contributed by atoms with Gasteiger partial charge in [0.05, 0.1) is 0 Å². The summed E-state index contributed by atoms with van der Waals surface area (Å²) in [5.74, 6) is 0.387. The first-order chi connectivity index (χ1) is 12.7. The quantitative estimate of drug-likeness (QED) is 0.652. The molecule has 0 spiro atoms. The van der Waals surface area contributed by atoms with Crippen LogP contribution < -0.4 is 15.5 Å². The predicted molar refractivity (Wildman–Crippen MR) is 106 cm³/mol. The number of para-hydroxylation sites is 1. The minimum atomic E-state index is -0.122. The summed E-state index contributed by atoms with van der Waals surface area (Å²) in [6.07, 6.45) is 8.35. The van der Waals surface area contributed by atoms with Crippen LogP contribution in [0.1, 0.15) is 58.3 Å². The zero-order valence-corrected chi connectivity index (χ0v) is 16.0. The van der Waals surface area contributed by atoms with Crippen molar-refractivity contribution >= 4 is 17.6 Å². The molecule has 1 aromatic rings. The highest BCUT2D eigenvalue weighted by Crippen LogP contribution is 2.27. The summed E-state index contributed by atoms with van der Waals surface area (Å²) < 4.78 is 0. The number of urea groups is 1. The SMILES string of the molecule is CCCCNC(=O)NCCCN(C(=O)C1CCCCC1)c1ccccc1. The second-order valence-electron chi connectivity index (χ2n) is 7.05. The zero-order chi connectivity index (χ0) is 18.6. The highest BCUT2D eigenvalue weighted by molar-refractivity contribution is 5.95. The molecule has 0 atom stereocenters. The Morgan fingerprint density at radius 1 is 1.00 bits per heavy atom. The zero-order valence-electron chi connectivity index (χ0n) is 16.0. The molecule has 144 valence electrons. The van der Waals surface area contributed by atoms with E-state index in [0.717, 1.165) is 50.6 Å². The Morgan fingerprint density at radius 2 is 1.65 bits per heavy atom. The van der Waals surface area contributed by atoms with Gasteiger partial charge in [-0.2, -0.15) is 0 Å². The topological polar surface area (TPSA) is 61.4 Å². The molecule has 1 aliphatic rings. The highest BCUT2D eigenvalue weighted by Gasteiger charge is 2.26. The molecule has 1 saturated carbocycles. The molecule has 26 heavy (non-hydrogen) atoms. The first kappa shape index (κ1) is 20.3. The molecule has 0 radical (unpaired) electrons. The summed E-state index contributed by atoms with van der Waals surface area (Å²) in [6, 6.07) is 9.76. The number of rotatable bonds is 9. The summed E-state index contributed by atoms with van der Waals surface area (Å²) in [4.78, 5) is 26.6. The fourth-order valence-corrected chi connectivity index (χ4v) is 3.42. The second kappa shape index (κ2) is 11.6. The van der Waals surface area contributed by atoms with Crippen LogP contribution >= 0.6 is 0 Å². The van der Waals surface area contributed by atoms with Crippen LogP contribution in [0, 0.1) is 5.92 Å². The molecule has 1 aromatic carbocycles. The van der Waals surface area contributed by atoms with Crippen molar-refractivity contribution in [3.8, 4) is 0 Å². The molecule has 5 nitrogen and oxygen atoms in total. The van der Waals surface area contributed by atoms with Crippen LogP contribution in [-0.2, 0) is 4.79 Å². The Labute approximate surface area is 157 Å². The van der Waals surface area contributed by atoms with E-state index in [1.165, 1.54) is 6.42 Å². The fraction of sp³-hybridized carbons (Fsp3) is 0.619. The Bertz CT molecular complexity index is 541. The van der Waals surface area contributed by atoms with E-state index in [9.17, 15) is 9.59 Å². The number of anilines is 1. The number of amides is 3. The first-order valence-corrected chi connectivity index (χ1v) is 10.1. The summed E-state index contributed by atoms with van der Waals surface area (Å²) in [6.45, 7) is 4.01. The number of nitrogens with one attached hydrogen (secondary N) is 2. The van der Waals surface area contributed by atoms with Crippen LogP contribution in [0.5, 0.6) is 0 Å². The van der Waals surface area contributed by atoms with Crippen molar-refractivity contribution < 1.29 is 9.59 Å². The minimum Gasteiger partial charge on any atom is -0.338 e. The first-order valence-electron chi connectivity index (χ1n) is 10.1. The third-order valence-electron chi connectivity index (χ3n) is 4.95. The van der Waals surface area contributed by atoms with E-state index in [1.807, 2.05) is 35.2 Å². The Balaban J connectivity index is 1.84. The molecule has 0 heterocycles. The van der Waals surface area contributed by atoms with E-state index in [-0.39, 0.29) is 17.9 Å². The number of benzene rings is 1. The number of unbranched alkanes of at least 4 members (excludes halogenated alkanes) is 1. The van der Waals surface area contributed by atoms with Crippen molar-refractivity contribution in [2.45, 2.75) is 58.3 Å². The van der Waals surface area contributed by atoms with Gasteiger partial charge in [-0.05, 0) is 37.8 Å². The van der Waals surface area contributed by atoms with Crippen LogP contribution in [0.25, 0.3) is 0 Å². The Morgan fingerprint density at radius 3 is 2.31 bits per heavy atom. The molecular formula is C21H33N3O2. The van der Waals surface area contributed by atoms with Gasteiger partial charge in [-0.1, -0.05) is 50.8 Å². The maximum Gasteiger partial charge on any atom is 0.314 e. The highest BCUT2D eigenvalue weighted by atomic mass is 16.2. The lowest BCUT2D eigenvalue weighted by atomic mass is 9.88. The number of hydrogen-bond acceptors (Lipinski definition) is 2. The molecule has 5 heteroatoms. The number of carbonyl (C=O) groups is 2. The average Bonchev–Trinajstić information content (AvgIpc) is 2.69. The van der Waals surface area contributed by atoms with E-state index in [0.29, 0.717) is 19.6 Å². The van der Waals surface area contributed by atoms with E-state index in [4.69, 9.17) is 0 Å². The van der Waals surface area contributed by atoms with Crippen molar-refractivity contribution in [3.63, 3.8) is 0 Å². The van der Waals surface area contributed by atoms with Gasteiger partial charge in [0.25, 0.3) is 0 Å². The lowest BCUT2D eigenvalue weighted by molar-refractivity contribution is -0.123. The Hall–Kier alpha value is -2.04. The molecule has 2 rings (SSSR count). The Kier molecular flexibility index (Phi) is 9.01. The van der Waals surface area contributed by atoms with Crippen LogP contribution in [-0.4, -0.2) is 31.6 Å². The van der Waals surface area contributed by atoms with Gasteiger partial charge in [-0.25, -0.2) is 4.79 Å². The van der Waals surface area contributed by atoms with Crippen LogP contribution in [0.2, 0.25) is 0 Å². The molecule has 2 N–H and O–H groups in total.